The van der Waals surface area contributed by atoms with Crippen molar-refractivity contribution < 1.29 is 24.2 Å². The number of unbranched alkanes of at least 4 members (excludes halogenated alkanes) is 53. The summed E-state index contributed by atoms with van der Waals surface area (Å²) in [6.45, 7) is 4.08. The van der Waals surface area contributed by atoms with Crippen molar-refractivity contribution in [2.45, 2.75) is 418 Å². The molecule has 0 spiro atoms. The fraction of sp³-hybridized carbons (Fsp3) is 0.848. The average Bonchev–Trinajstić information content (AvgIpc) is 3.51. The topological polar surface area (TPSA) is 72.8 Å². The van der Waals surface area contributed by atoms with Gasteiger partial charge in [-0.3, -0.25) is 9.59 Å². The van der Waals surface area contributed by atoms with Crippen molar-refractivity contribution in [3.05, 3.63) is 60.8 Å². The van der Waals surface area contributed by atoms with E-state index < -0.39 is 6.10 Å². The number of esters is 2. The molecule has 1 unspecified atom stereocenters. The first kappa shape index (κ1) is 81.6. The van der Waals surface area contributed by atoms with Crippen molar-refractivity contribution in [1.29, 1.82) is 0 Å². The molecule has 0 aliphatic rings. The van der Waals surface area contributed by atoms with E-state index in [-0.39, 0.29) is 25.2 Å². The van der Waals surface area contributed by atoms with Crippen LogP contribution < -0.4 is 0 Å². The molecule has 0 rings (SSSR count). The molecule has 1 atom stereocenters. The first-order valence-corrected chi connectivity index (χ1v) is 37.8. The van der Waals surface area contributed by atoms with Crippen LogP contribution in [0.15, 0.2) is 60.8 Å². The lowest BCUT2D eigenvalue weighted by Gasteiger charge is -2.15. The molecular weight excluding hydrogens is 1030 g/mol. The molecule has 0 saturated heterocycles. The third kappa shape index (κ3) is 72.1. The molecule has 0 bridgehead atoms. The zero-order chi connectivity index (χ0) is 60.5. The van der Waals surface area contributed by atoms with Crippen LogP contribution in [0.3, 0.4) is 0 Å². The molecule has 5 nitrogen and oxygen atoms in total. The predicted molar refractivity (Wildman–Crippen MR) is 371 cm³/mol. The molecule has 0 fully saturated rings. The second-order valence-corrected chi connectivity index (χ2v) is 25.7. The summed E-state index contributed by atoms with van der Waals surface area (Å²) in [5.41, 5.74) is 0. The highest BCUT2D eigenvalue weighted by molar-refractivity contribution is 5.70. The average molecular weight is 1180 g/mol. The Kier molecular flexibility index (Phi) is 72.7. The first-order valence-electron chi connectivity index (χ1n) is 37.8. The van der Waals surface area contributed by atoms with Crippen molar-refractivity contribution >= 4 is 11.9 Å². The number of allylic oxidation sites excluding steroid dienone is 10. The van der Waals surface area contributed by atoms with E-state index in [0.29, 0.717) is 12.8 Å². The summed E-state index contributed by atoms with van der Waals surface area (Å²) in [6.07, 6.45) is 103. The van der Waals surface area contributed by atoms with Gasteiger partial charge in [-0.25, -0.2) is 0 Å². The smallest absolute Gasteiger partial charge is 0.306 e. The number of aliphatic hydroxyl groups is 1. The highest BCUT2D eigenvalue weighted by Gasteiger charge is 2.16. The Balaban J connectivity index is 3.37. The van der Waals surface area contributed by atoms with Gasteiger partial charge in [0.1, 0.15) is 6.61 Å². The molecule has 0 aromatic rings. The van der Waals surface area contributed by atoms with Crippen molar-refractivity contribution in [2.75, 3.05) is 13.2 Å². The number of hydrogen-bond donors (Lipinski definition) is 1. The maximum absolute atomic E-state index is 12.4. The third-order valence-corrected chi connectivity index (χ3v) is 17.3. The van der Waals surface area contributed by atoms with Crippen LogP contribution in [0.1, 0.15) is 412 Å². The van der Waals surface area contributed by atoms with Crippen LogP contribution in [-0.2, 0) is 19.1 Å². The SMILES string of the molecule is CC/C=C\C/C=C\C/C=C\C/C=C\CCCCCCCCCCCCCCCCCCC(=O)OC(CO)COC(=O)CCCCCCCCCCCCCCCCCCCCCCCCCCCCCCC/C=C\CCCCCCCCCC. The largest absolute Gasteiger partial charge is 0.462 e. The van der Waals surface area contributed by atoms with Gasteiger partial charge in [-0.05, 0) is 77.0 Å². The van der Waals surface area contributed by atoms with E-state index >= 15 is 0 Å². The zero-order valence-electron chi connectivity index (χ0n) is 56.7. The number of carbonyl (C=O) groups excluding carboxylic acids is 2. The van der Waals surface area contributed by atoms with E-state index in [2.05, 4.69) is 74.6 Å². The van der Waals surface area contributed by atoms with Gasteiger partial charge in [0.2, 0.25) is 0 Å². The van der Waals surface area contributed by atoms with Crippen LogP contribution in [0.5, 0.6) is 0 Å². The Hall–Kier alpha value is -2.40. The molecular formula is C79H146O5. The Labute approximate surface area is 525 Å². The lowest BCUT2D eigenvalue weighted by molar-refractivity contribution is -0.161. The van der Waals surface area contributed by atoms with Gasteiger partial charge in [0.15, 0.2) is 6.10 Å². The van der Waals surface area contributed by atoms with Gasteiger partial charge >= 0.3 is 11.9 Å². The van der Waals surface area contributed by atoms with Crippen LogP contribution in [0.2, 0.25) is 0 Å². The Morgan fingerprint density at radius 1 is 0.286 bits per heavy atom. The molecule has 0 aliphatic heterocycles. The van der Waals surface area contributed by atoms with E-state index in [0.717, 1.165) is 57.8 Å². The summed E-state index contributed by atoms with van der Waals surface area (Å²) in [4.78, 5) is 24.7. The van der Waals surface area contributed by atoms with E-state index in [1.807, 2.05) is 0 Å². The van der Waals surface area contributed by atoms with E-state index in [1.54, 1.807) is 0 Å². The second-order valence-electron chi connectivity index (χ2n) is 25.7. The molecule has 0 amide bonds. The second kappa shape index (κ2) is 74.9. The molecule has 1 N–H and O–H groups in total. The number of aliphatic hydroxyl groups excluding tert-OH is 1. The molecule has 84 heavy (non-hydrogen) atoms. The molecule has 492 valence electrons. The highest BCUT2D eigenvalue weighted by Crippen LogP contribution is 2.19. The van der Waals surface area contributed by atoms with Crippen molar-refractivity contribution in [1.82, 2.24) is 0 Å². The summed E-state index contributed by atoms with van der Waals surface area (Å²) in [7, 11) is 0. The minimum Gasteiger partial charge on any atom is -0.462 e. The summed E-state index contributed by atoms with van der Waals surface area (Å²) in [5, 5.41) is 9.71. The first-order chi connectivity index (χ1) is 41.6. The summed E-state index contributed by atoms with van der Waals surface area (Å²) in [5.74, 6) is -0.569. The van der Waals surface area contributed by atoms with Crippen molar-refractivity contribution in [3.8, 4) is 0 Å². The third-order valence-electron chi connectivity index (χ3n) is 17.3. The van der Waals surface area contributed by atoms with Crippen molar-refractivity contribution in [3.63, 3.8) is 0 Å². The van der Waals surface area contributed by atoms with Gasteiger partial charge < -0.3 is 14.6 Å². The summed E-state index contributed by atoms with van der Waals surface area (Å²) < 4.78 is 10.8. The predicted octanol–water partition coefficient (Wildman–Crippen LogP) is 26.4. The van der Waals surface area contributed by atoms with Gasteiger partial charge in [-0.15, -0.1) is 0 Å². The normalized spacial score (nSPS) is 12.5. The van der Waals surface area contributed by atoms with Gasteiger partial charge in [0, 0.05) is 12.8 Å². The molecule has 0 heterocycles. The van der Waals surface area contributed by atoms with Gasteiger partial charge in [0.25, 0.3) is 0 Å². The van der Waals surface area contributed by atoms with Gasteiger partial charge in [-0.1, -0.05) is 383 Å². The summed E-state index contributed by atoms with van der Waals surface area (Å²) in [6, 6.07) is 0. The monoisotopic (exact) mass is 1180 g/mol. The maximum Gasteiger partial charge on any atom is 0.306 e. The van der Waals surface area contributed by atoms with E-state index in [4.69, 9.17) is 9.47 Å². The lowest BCUT2D eigenvalue weighted by Crippen LogP contribution is -2.28. The van der Waals surface area contributed by atoms with Crippen LogP contribution in [0.4, 0.5) is 0 Å². The Morgan fingerprint density at radius 2 is 0.512 bits per heavy atom. The maximum atomic E-state index is 12.4. The highest BCUT2D eigenvalue weighted by atomic mass is 16.6. The van der Waals surface area contributed by atoms with Crippen LogP contribution in [-0.4, -0.2) is 36.4 Å². The molecule has 0 aromatic heterocycles. The molecule has 0 radical (unpaired) electrons. The Bertz CT molecular complexity index is 1430. The van der Waals surface area contributed by atoms with Crippen LogP contribution in [0, 0.1) is 0 Å². The molecule has 0 aliphatic carbocycles. The number of carbonyl (C=O) groups is 2. The lowest BCUT2D eigenvalue weighted by atomic mass is 10.0. The molecule has 0 aromatic carbocycles. The number of rotatable bonds is 71. The number of ether oxygens (including phenoxy) is 2. The quantitative estimate of drug-likeness (QED) is 0.0373. The standard InChI is InChI=1S/C79H146O5/c1-3-5-7-9-11-13-15-17-19-21-23-25-27-29-31-33-34-35-36-37-38-39-40-41-42-43-44-46-47-49-51-53-55-57-59-61-63-65-67-69-71-73-78(81)83-76-77(75-80)84-79(82)74-72-70-68-66-64-62-60-58-56-54-52-50-48-45-32-30-28-26-24-22-20-18-16-14-12-10-8-6-4-2/h6,8,12,14,18,20-21,23-24,26,77,80H,3-5,7,9-11,13,15-17,19,22,25,27-76H2,1-2H3/b8-6-,14-12-,20-18-,23-21-,26-24-. The van der Waals surface area contributed by atoms with Gasteiger partial charge in [0.05, 0.1) is 6.61 Å². The van der Waals surface area contributed by atoms with Crippen LogP contribution >= 0.6 is 0 Å². The van der Waals surface area contributed by atoms with E-state index in [1.165, 1.54) is 327 Å². The zero-order valence-corrected chi connectivity index (χ0v) is 56.7. The molecule has 5 heteroatoms. The minimum atomic E-state index is -0.773. The van der Waals surface area contributed by atoms with Gasteiger partial charge in [-0.2, -0.15) is 0 Å². The fourth-order valence-electron chi connectivity index (χ4n) is 11.7. The minimum absolute atomic E-state index is 0.0613. The number of hydrogen-bond acceptors (Lipinski definition) is 5. The van der Waals surface area contributed by atoms with Crippen LogP contribution in [0.25, 0.3) is 0 Å². The van der Waals surface area contributed by atoms with E-state index in [9.17, 15) is 14.7 Å². The fourth-order valence-corrected chi connectivity index (χ4v) is 11.7. The summed E-state index contributed by atoms with van der Waals surface area (Å²) >= 11 is 0. The Morgan fingerprint density at radius 3 is 0.786 bits per heavy atom. The van der Waals surface area contributed by atoms with Crippen molar-refractivity contribution in [2.24, 2.45) is 0 Å². The molecule has 0 saturated carbocycles.